The molecule has 0 atom stereocenters. The number of amides is 1. The van der Waals surface area contributed by atoms with Crippen molar-refractivity contribution < 1.29 is 4.79 Å². The van der Waals surface area contributed by atoms with Gasteiger partial charge in [-0.3, -0.25) is 9.78 Å². The van der Waals surface area contributed by atoms with E-state index < -0.39 is 0 Å². The van der Waals surface area contributed by atoms with E-state index in [-0.39, 0.29) is 11.8 Å². The minimum absolute atomic E-state index is 0.0636. The number of rotatable bonds is 7. The smallest absolute Gasteiger partial charge is 0.220 e. The third-order valence-electron chi connectivity index (χ3n) is 4.22. The Balaban J connectivity index is 1.63. The lowest BCUT2D eigenvalue weighted by molar-refractivity contribution is -0.121. The summed E-state index contributed by atoms with van der Waals surface area (Å²) in [5.41, 5.74) is 3.31. The summed E-state index contributed by atoms with van der Waals surface area (Å²) in [6.07, 6.45) is 2.96. The van der Waals surface area contributed by atoms with Crippen molar-refractivity contribution in [2.75, 3.05) is 6.54 Å². The van der Waals surface area contributed by atoms with Gasteiger partial charge in [-0.1, -0.05) is 66.7 Å². The van der Waals surface area contributed by atoms with Crippen LogP contribution in [0, 0.1) is 0 Å². The molecule has 0 aliphatic heterocycles. The molecule has 1 amide bonds. The van der Waals surface area contributed by atoms with Gasteiger partial charge in [0.1, 0.15) is 0 Å². The van der Waals surface area contributed by atoms with Gasteiger partial charge in [-0.05, 0) is 23.3 Å². The van der Waals surface area contributed by atoms with Crippen molar-refractivity contribution >= 4 is 5.91 Å². The van der Waals surface area contributed by atoms with Crippen molar-refractivity contribution in [1.82, 2.24) is 10.3 Å². The summed E-state index contributed by atoms with van der Waals surface area (Å²) in [5.74, 6) is 0.130. The second-order valence-electron chi connectivity index (χ2n) is 6.00. The maximum atomic E-state index is 12.5. The van der Waals surface area contributed by atoms with Crippen LogP contribution in [0.4, 0.5) is 0 Å². The zero-order valence-corrected chi connectivity index (χ0v) is 14.1. The molecule has 0 saturated heterocycles. The molecule has 1 aromatic heterocycles. The van der Waals surface area contributed by atoms with E-state index in [4.69, 9.17) is 0 Å². The van der Waals surface area contributed by atoms with Crippen molar-refractivity contribution in [2.45, 2.75) is 18.8 Å². The molecule has 0 saturated carbocycles. The standard InChI is InChI=1S/C22H22N2O/c25-22(24-16-14-20-13-7-8-15-23-20)17-21(18-9-3-1-4-10-18)19-11-5-2-6-12-19/h1-13,15,21H,14,16-17H2,(H,24,25). The molecule has 1 heterocycles. The molecular formula is C22H22N2O. The van der Waals surface area contributed by atoms with E-state index in [1.807, 2.05) is 54.6 Å². The van der Waals surface area contributed by atoms with Crippen molar-refractivity contribution in [3.8, 4) is 0 Å². The molecule has 3 nitrogen and oxygen atoms in total. The Bertz CT molecular complexity index is 733. The Morgan fingerprint density at radius 2 is 1.44 bits per heavy atom. The highest BCUT2D eigenvalue weighted by atomic mass is 16.1. The van der Waals surface area contributed by atoms with Crippen LogP contribution in [0.25, 0.3) is 0 Å². The fourth-order valence-corrected chi connectivity index (χ4v) is 2.93. The van der Waals surface area contributed by atoms with E-state index in [1.54, 1.807) is 6.20 Å². The third kappa shape index (κ3) is 5.01. The summed E-state index contributed by atoms with van der Waals surface area (Å²) in [6, 6.07) is 26.2. The van der Waals surface area contributed by atoms with E-state index in [0.717, 1.165) is 23.2 Å². The molecule has 0 fully saturated rings. The molecular weight excluding hydrogens is 308 g/mol. The molecule has 1 N–H and O–H groups in total. The molecule has 0 unspecified atom stereocenters. The van der Waals surface area contributed by atoms with Gasteiger partial charge in [-0.15, -0.1) is 0 Å². The van der Waals surface area contributed by atoms with Crippen LogP contribution in [-0.2, 0) is 11.2 Å². The monoisotopic (exact) mass is 330 g/mol. The first-order chi connectivity index (χ1) is 12.3. The second kappa shape index (κ2) is 8.78. The Hall–Kier alpha value is -2.94. The molecule has 3 rings (SSSR count). The molecule has 3 aromatic rings. The van der Waals surface area contributed by atoms with Gasteiger partial charge in [0.25, 0.3) is 0 Å². The van der Waals surface area contributed by atoms with Crippen LogP contribution < -0.4 is 5.32 Å². The zero-order chi connectivity index (χ0) is 17.3. The second-order valence-corrected chi connectivity index (χ2v) is 6.00. The van der Waals surface area contributed by atoms with Gasteiger partial charge in [-0.2, -0.15) is 0 Å². The minimum Gasteiger partial charge on any atom is -0.356 e. The largest absolute Gasteiger partial charge is 0.356 e. The van der Waals surface area contributed by atoms with Crippen LogP contribution in [0.15, 0.2) is 85.1 Å². The lowest BCUT2D eigenvalue weighted by atomic mass is 9.88. The maximum Gasteiger partial charge on any atom is 0.220 e. The van der Waals surface area contributed by atoms with Gasteiger partial charge in [0.2, 0.25) is 5.91 Å². The highest BCUT2D eigenvalue weighted by Crippen LogP contribution is 2.27. The van der Waals surface area contributed by atoms with Gasteiger partial charge < -0.3 is 5.32 Å². The molecule has 0 spiro atoms. The Labute approximate surface area is 148 Å². The summed E-state index contributed by atoms with van der Waals surface area (Å²) in [7, 11) is 0. The maximum absolute atomic E-state index is 12.5. The number of benzene rings is 2. The van der Waals surface area contributed by atoms with Crippen LogP contribution in [0.2, 0.25) is 0 Å². The van der Waals surface area contributed by atoms with Gasteiger partial charge in [0.15, 0.2) is 0 Å². The average Bonchev–Trinajstić information content (AvgIpc) is 2.68. The number of hydrogen-bond donors (Lipinski definition) is 1. The van der Waals surface area contributed by atoms with E-state index in [9.17, 15) is 4.79 Å². The van der Waals surface area contributed by atoms with E-state index in [1.165, 1.54) is 0 Å². The highest BCUT2D eigenvalue weighted by Gasteiger charge is 2.17. The first kappa shape index (κ1) is 16.9. The van der Waals surface area contributed by atoms with Crippen molar-refractivity contribution in [3.05, 3.63) is 102 Å². The summed E-state index contributed by atoms with van der Waals surface area (Å²) in [5, 5.41) is 3.02. The molecule has 0 aliphatic carbocycles. The summed E-state index contributed by atoms with van der Waals surface area (Å²) in [4.78, 5) is 16.7. The summed E-state index contributed by atoms with van der Waals surface area (Å²) >= 11 is 0. The van der Waals surface area contributed by atoms with Crippen LogP contribution >= 0.6 is 0 Å². The Kier molecular flexibility index (Phi) is 5.94. The van der Waals surface area contributed by atoms with Crippen LogP contribution in [-0.4, -0.2) is 17.4 Å². The molecule has 25 heavy (non-hydrogen) atoms. The van der Waals surface area contributed by atoms with Crippen molar-refractivity contribution in [2.24, 2.45) is 0 Å². The Morgan fingerprint density at radius 3 is 2.00 bits per heavy atom. The van der Waals surface area contributed by atoms with Gasteiger partial charge >= 0.3 is 0 Å². The van der Waals surface area contributed by atoms with Crippen molar-refractivity contribution in [3.63, 3.8) is 0 Å². The van der Waals surface area contributed by atoms with E-state index in [2.05, 4.69) is 34.6 Å². The normalized spacial score (nSPS) is 10.6. The summed E-state index contributed by atoms with van der Waals surface area (Å²) < 4.78 is 0. The third-order valence-corrected chi connectivity index (χ3v) is 4.22. The SMILES string of the molecule is O=C(CC(c1ccccc1)c1ccccc1)NCCc1ccccn1. The van der Waals surface area contributed by atoms with Gasteiger partial charge in [-0.25, -0.2) is 0 Å². The molecule has 2 aromatic carbocycles. The fraction of sp³-hybridized carbons (Fsp3) is 0.182. The van der Waals surface area contributed by atoms with Crippen molar-refractivity contribution in [1.29, 1.82) is 0 Å². The van der Waals surface area contributed by atoms with Crippen LogP contribution in [0.3, 0.4) is 0 Å². The molecule has 0 bridgehead atoms. The molecule has 126 valence electrons. The number of pyridine rings is 1. The zero-order valence-electron chi connectivity index (χ0n) is 14.1. The number of carbonyl (C=O) groups excluding carboxylic acids is 1. The molecule has 0 radical (unpaired) electrons. The number of nitrogens with zero attached hydrogens (tertiary/aromatic N) is 1. The lowest BCUT2D eigenvalue weighted by Gasteiger charge is -2.18. The van der Waals surface area contributed by atoms with Gasteiger partial charge in [0, 0.05) is 37.2 Å². The molecule has 3 heteroatoms. The number of aromatic nitrogens is 1. The van der Waals surface area contributed by atoms with Crippen LogP contribution in [0.5, 0.6) is 0 Å². The number of carbonyl (C=O) groups is 1. The summed E-state index contributed by atoms with van der Waals surface area (Å²) in [6.45, 7) is 0.603. The predicted molar refractivity (Wildman–Crippen MR) is 100 cm³/mol. The lowest BCUT2D eigenvalue weighted by Crippen LogP contribution is -2.27. The first-order valence-electron chi connectivity index (χ1n) is 8.59. The van der Waals surface area contributed by atoms with Gasteiger partial charge in [0.05, 0.1) is 0 Å². The predicted octanol–water partition coefficient (Wildman–Crippen LogP) is 3.96. The first-order valence-corrected chi connectivity index (χ1v) is 8.59. The van der Waals surface area contributed by atoms with E-state index >= 15 is 0 Å². The minimum atomic E-state index is 0.0636. The number of hydrogen-bond acceptors (Lipinski definition) is 2. The fourth-order valence-electron chi connectivity index (χ4n) is 2.93. The topological polar surface area (TPSA) is 42.0 Å². The van der Waals surface area contributed by atoms with E-state index in [0.29, 0.717) is 13.0 Å². The quantitative estimate of drug-likeness (QED) is 0.712. The van der Waals surface area contributed by atoms with Crippen LogP contribution in [0.1, 0.15) is 29.2 Å². The number of nitrogens with one attached hydrogen (secondary N) is 1. The average molecular weight is 330 g/mol. The molecule has 0 aliphatic rings. The Morgan fingerprint density at radius 1 is 0.840 bits per heavy atom. The highest BCUT2D eigenvalue weighted by molar-refractivity contribution is 5.77.